The molecule has 0 bridgehead atoms. The highest BCUT2D eigenvalue weighted by molar-refractivity contribution is 5.71. The van der Waals surface area contributed by atoms with Gasteiger partial charge in [0.1, 0.15) is 13.2 Å². The van der Waals surface area contributed by atoms with Gasteiger partial charge in [-0.05, 0) is 141 Å². The second-order valence-electron chi connectivity index (χ2n) is 20.9. The van der Waals surface area contributed by atoms with E-state index in [-0.39, 0.29) is 37.5 Å². The van der Waals surface area contributed by atoms with Gasteiger partial charge in [0.05, 0.1) is 0 Å². The molecule has 454 valence electrons. The lowest BCUT2D eigenvalue weighted by atomic mass is 10.0. The zero-order valence-electron chi connectivity index (χ0n) is 52.0. The summed E-state index contributed by atoms with van der Waals surface area (Å²) in [6.07, 6.45) is 99.4. The Morgan fingerprint density at radius 3 is 0.728 bits per heavy atom. The summed E-state index contributed by atoms with van der Waals surface area (Å²) in [7, 11) is 0. The van der Waals surface area contributed by atoms with Crippen LogP contribution in [-0.4, -0.2) is 37.2 Å². The molecule has 6 heteroatoms. The van der Waals surface area contributed by atoms with Crippen molar-refractivity contribution in [2.45, 2.75) is 271 Å². The first kappa shape index (κ1) is 75.8. The maximum Gasteiger partial charge on any atom is 0.306 e. The third-order valence-electron chi connectivity index (χ3n) is 13.2. The third-order valence-corrected chi connectivity index (χ3v) is 13.2. The van der Waals surface area contributed by atoms with Gasteiger partial charge >= 0.3 is 17.9 Å². The number of carbonyl (C=O) groups excluding carboxylic acids is 3. The molecular formula is C75H118O6. The summed E-state index contributed by atoms with van der Waals surface area (Å²) < 4.78 is 16.9. The summed E-state index contributed by atoms with van der Waals surface area (Å²) in [6.45, 7) is 6.24. The van der Waals surface area contributed by atoms with Gasteiger partial charge in [-0.2, -0.15) is 0 Å². The number of unbranched alkanes of at least 4 members (excludes halogenated alkanes) is 18. The Hall–Kier alpha value is -5.23. The molecule has 0 heterocycles. The minimum Gasteiger partial charge on any atom is -0.462 e. The lowest BCUT2D eigenvalue weighted by Crippen LogP contribution is -2.30. The first-order chi connectivity index (χ1) is 40.0. The number of carbonyl (C=O) groups is 3. The van der Waals surface area contributed by atoms with Gasteiger partial charge < -0.3 is 14.2 Å². The molecule has 1 atom stereocenters. The Morgan fingerprint density at radius 1 is 0.247 bits per heavy atom. The van der Waals surface area contributed by atoms with E-state index in [0.29, 0.717) is 19.3 Å². The van der Waals surface area contributed by atoms with Gasteiger partial charge in [-0.15, -0.1) is 0 Å². The molecule has 81 heavy (non-hydrogen) atoms. The number of rotatable bonds is 57. The number of esters is 3. The Labute approximate surface area is 498 Å². The van der Waals surface area contributed by atoms with Gasteiger partial charge in [-0.3, -0.25) is 14.4 Å². The average Bonchev–Trinajstić information content (AvgIpc) is 3.47. The predicted octanol–water partition coefficient (Wildman–Crippen LogP) is 22.7. The highest BCUT2D eigenvalue weighted by Gasteiger charge is 2.19. The van der Waals surface area contributed by atoms with Crippen molar-refractivity contribution in [2.75, 3.05) is 13.2 Å². The van der Waals surface area contributed by atoms with Crippen LogP contribution in [-0.2, 0) is 28.6 Å². The van der Waals surface area contributed by atoms with Gasteiger partial charge in [-0.25, -0.2) is 0 Å². The zero-order valence-corrected chi connectivity index (χ0v) is 52.0. The summed E-state index contributed by atoms with van der Waals surface area (Å²) in [4.78, 5) is 38.4. The summed E-state index contributed by atoms with van der Waals surface area (Å²) >= 11 is 0. The van der Waals surface area contributed by atoms with Crippen LogP contribution in [0, 0.1) is 0 Å². The summed E-state index contributed by atoms with van der Waals surface area (Å²) in [5.41, 5.74) is 0. The Balaban J connectivity index is 4.49. The van der Waals surface area contributed by atoms with Crippen molar-refractivity contribution >= 4 is 17.9 Å². The molecule has 0 aliphatic carbocycles. The van der Waals surface area contributed by atoms with E-state index in [1.54, 1.807) is 0 Å². The Kier molecular flexibility index (Phi) is 62.9. The smallest absolute Gasteiger partial charge is 0.306 e. The van der Waals surface area contributed by atoms with Crippen molar-refractivity contribution in [3.05, 3.63) is 170 Å². The van der Waals surface area contributed by atoms with Crippen LogP contribution in [0.25, 0.3) is 0 Å². The number of ether oxygens (including phenoxy) is 3. The monoisotopic (exact) mass is 1110 g/mol. The highest BCUT2D eigenvalue weighted by Crippen LogP contribution is 2.15. The summed E-state index contributed by atoms with van der Waals surface area (Å²) in [6, 6.07) is 0. The third kappa shape index (κ3) is 65.5. The Morgan fingerprint density at radius 2 is 0.457 bits per heavy atom. The van der Waals surface area contributed by atoms with Crippen LogP contribution in [0.5, 0.6) is 0 Å². The molecule has 0 aromatic carbocycles. The molecule has 0 fully saturated rings. The topological polar surface area (TPSA) is 78.9 Å². The van der Waals surface area contributed by atoms with Crippen LogP contribution in [0.1, 0.15) is 265 Å². The largest absolute Gasteiger partial charge is 0.462 e. The van der Waals surface area contributed by atoms with Crippen molar-refractivity contribution in [1.82, 2.24) is 0 Å². The van der Waals surface area contributed by atoms with Crippen molar-refractivity contribution < 1.29 is 28.6 Å². The molecule has 0 aliphatic heterocycles. The molecular weight excluding hydrogens is 997 g/mol. The van der Waals surface area contributed by atoms with Gasteiger partial charge in [0.15, 0.2) is 6.10 Å². The number of allylic oxidation sites excluding steroid dienone is 28. The fourth-order valence-corrected chi connectivity index (χ4v) is 8.44. The molecule has 0 aromatic rings. The van der Waals surface area contributed by atoms with Crippen LogP contribution < -0.4 is 0 Å². The minimum absolute atomic E-state index is 0.115. The molecule has 0 saturated carbocycles. The molecule has 0 spiro atoms. The van der Waals surface area contributed by atoms with Gasteiger partial charge in [0.25, 0.3) is 0 Å². The highest BCUT2D eigenvalue weighted by atomic mass is 16.6. The second-order valence-corrected chi connectivity index (χ2v) is 20.9. The molecule has 0 radical (unpaired) electrons. The van der Waals surface area contributed by atoms with E-state index < -0.39 is 6.10 Å². The maximum absolute atomic E-state index is 12.9. The quantitative estimate of drug-likeness (QED) is 0.0261. The molecule has 0 aromatic heterocycles. The van der Waals surface area contributed by atoms with Crippen LogP contribution in [0.15, 0.2) is 170 Å². The SMILES string of the molecule is CC/C=C\C/C=C\C/C=C\C/C=C\C/C=C\C/C=C\C/C=C\CCCC(=O)OC(COC(=O)CCCCCCC/C=C\C/C=C\C/C=C\CC)COC(=O)CCCCCCCCCCCCCC/C=C\C/C=C\C/C=C\C/C=C\CC. The number of hydrogen-bond donors (Lipinski definition) is 0. The van der Waals surface area contributed by atoms with E-state index >= 15 is 0 Å². The van der Waals surface area contributed by atoms with Gasteiger partial charge in [0, 0.05) is 19.3 Å². The molecule has 0 rings (SSSR count). The predicted molar refractivity (Wildman–Crippen MR) is 352 cm³/mol. The summed E-state index contributed by atoms with van der Waals surface area (Å²) in [5, 5.41) is 0. The fourth-order valence-electron chi connectivity index (χ4n) is 8.44. The van der Waals surface area contributed by atoms with E-state index in [9.17, 15) is 14.4 Å². The van der Waals surface area contributed by atoms with E-state index in [1.165, 1.54) is 64.2 Å². The lowest BCUT2D eigenvalue weighted by molar-refractivity contribution is -0.167. The molecule has 0 amide bonds. The molecule has 0 aliphatic rings. The van der Waals surface area contributed by atoms with E-state index in [2.05, 4.69) is 191 Å². The van der Waals surface area contributed by atoms with Crippen LogP contribution in [0.4, 0.5) is 0 Å². The van der Waals surface area contributed by atoms with E-state index in [0.717, 1.165) is 154 Å². The Bertz CT molecular complexity index is 1860. The zero-order chi connectivity index (χ0) is 58.5. The van der Waals surface area contributed by atoms with Crippen molar-refractivity contribution in [1.29, 1.82) is 0 Å². The van der Waals surface area contributed by atoms with Crippen molar-refractivity contribution in [3.63, 3.8) is 0 Å². The number of hydrogen-bond acceptors (Lipinski definition) is 6. The standard InChI is InChI=1S/C75H118O6/c1-4-7-10-13-16-19-22-25-28-30-32-34-36-37-39-40-42-44-47-50-53-56-59-62-65-68-74(77)80-71-72(70-79-73(76)67-64-61-58-55-52-49-46-27-24-21-18-15-12-9-6-3)81-75(78)69-66-63-60-57-54-51-48-45-43-41-38-35-33-31-29-26-23-20-17-14-11-8-5-2/h7-12,16-21,25-29,32-35,41,43,46,48,51,57,60,72H,4-6,13-15,22-24,30-31,36-40,42,44-45,47,49-50,52-56,58-59,61-71H2,1-3H3/b10-7-,11-8-,12-9-,19-16-,20-17-,21-18-,28-25-,29-26-,34-32-,35-33-,43-41-,46-27-,51-48-,60-57-. The normalized spacial score (nSPS) is 13.3. The summed E-state index contributed by atoms with van der Waals surface area (Å²) in [5.74, 6) is -0.998. The van der Waals surface area contributed by atoms with Crippen molar-refractivity contribution in [2.24, 2.45) is 0 Å². The maximum atomic E-state index is 12.9. The molecule has 0 N–H and O–H groups in total. The van der Waals surface area contributed by atoms with Crippen LogP contribution in [0.3, 0.4) is 0 Å². The first-order valence-corrected chi connectivity index (χ1v) is 32.6. The van der Waals surface area contributed by atoms with Gasteiger partial charge in [-0.1, -0.05) is 274 Å². The molecule has 1 unspecified atom stereocenters. The van der Waals surface area contributed by atoms with Crippen LogP contribution in [0.2, 0.25) is 0 Å². The van der Waals surface area contributed by atoms with Crippen LogP contribution >= 0.6 is 0 Å². The average molecular weight is 1120 g/mol. The van der Waals surface area contributed by atoms with E-state index in [4.69, 9.17) is 14.2 Å². The molecule has 0 saturated heterocycles. The van der Waals surface area contributed by atoms with Gasteiger partial charge in [0.2, 0.25) is 0 Å². The second kappa shape index (κ2) is 67.3. The molecule has 6 nitrogen and oxygen atoms in total. The fraction of sp³-hybridized carbons (Fsp3) is 0.587. The lowest BCUT2D eigenvalue weighted by Gasteiger charge is -2.18. The minimum atomic E-state index is -0.827. The first-order valence-electron chi connectivity index (χ1n) is 32.6. The van der Waals surface area contributed by atoms with E-state index in [1.807, 2.05) is 0 Å². The van der Waals surface area contributed by atoms with Crippen molar-refractivity contribution in [3.8, 4) is 0 Å².